The van der Waals surface area contributed by atoms with Crippen molar-refractivity contribution in [1.82, 2.24) is 0 Å². The summed E-state index contributed by atoms with van der Waals surface area (Å²) in [5.74, 6) is 0.0208. The monoisotopic (exact) mass is 280 g/mol. The van der Waals surface area contributed by atoms with Crippen molar-refractivity contribution < 1.29 is 17.9 Å². The quantitative estimate of drug-likeness (QED) is 0.722. The lowest BCUT2D eigenvalue weighted by Gasteiger charge is -2.25. The lowest BCUT2D eigenvalue weighted by Crippen LogP contribution is -2.30. The SMILES string of the molecule is COC(=O)c1ccc2c(c1)S(=O)(=O)N=C1CCCN12. The van der Waals surface area contributed by atoms with E-state index in [1.54, 1.807) is 12.1 Å². The van der Waals surface area contributed by atoms with E-state index >= 15 is 0 Å². The summed E-state index contributed by atoms with van der Waals surface area (Å²) in [5.41, 5.74) is 0.804. The molecule has 0 bridgehead atoms. The van der Waals surface area contributed by atoms with Gasteiger partial charge in [-0.2, -0.15) is 8.42 Å². The highest BCUT2D eigenvalue weighted by molar-refractivity contribution is 7.90. The Labute approximate surface area is 110 Å². The van der Waals surface area contributed by atoms with Crippen LogP contribution in [0.2, 0.25) is 0 Å². The van der Waals surface area contributed by atoms with Crippen LogP contribution in [0.1, 0.15) is 23.2 Å². The van der Waals surface area contributed by atoms with Gasteiger partial charge in [-0.1, -0.05) is 0 Å². The summed E-state index contributed by atoms with van der Waals surface area (Å²) in [5, 5.41) is 0. The van der Waals surface area contributed by atoms with E-state index in [-0.39, 0.29) is 10.5 Å². The van der Waals surface area contributed by atoms with E-state index in [9.17, 15) is 13.2 Å². The molecule has 1 fully saturated rings. The fraction of sp³-hybridized carbons (Fsp3) is 0.333. The summed E-state index contributed by atoms with van der Waals surface area (Å²) < 4.78 is 32.6. The number of carbonyl (C=O) groups excluding carboxylic acids is 1. The second-order valence-electron chi connectivity index (χ2n) is 4.41. The number of sulfonamides is 1. The van der Waals surface area contributed by atoms with Gasteiger partial charge >= 0.3 is 5.97 Å². The lowest BCUT2D eigenvalue weighted by molar-refractivity contribution is 0.0600. The van der Waals surface area contributed by atoms with Crippen molar-refractivity contribution in [2.24, 2.45) is 4.40 Å². The summed E-state index contributed by atoms with van der Waals surface area (Å²) >= 11 is 0. The molecule has 19 heavy (non-hydrogen) atoms. The van der Waals surface area contributed by atoms with Crippen molar-refractivity contribution in [3.05, 3.63) is 23.8 Å². The van der Waals surface area contributed by atoms with Crippen LogP contribution in [0.4, 0.5) is 5.69 Å². The standard InChI is InChI=1S/C12H12N2O4S/c1-18-12(15)8-4-5-9-10(7-8)19(16,17)13-11-3-2-6-14(9)11/h4-5,7H,2-3,6H2,1H3. The second-order valence-corrected chi connectivity index (χ2v) is 5.98. The van der Waals surface area contributed by atoms with E-state index in [4.69, 9.17) is 0 Å². The van der Waals surface area contributed by atoms with Crippen molar-refractivity contribution in [3.8, 4) is 0 Å². The number of hydrogen-bond acceptors (Lipinski definition) is 5. The number of fused-ring (bicyclic) bond motifs is 3. The summed E-state index contributed by atoms with van der Waals surface area (Å²) in [7, 11) is -2.47. The first-order valence-electron chi connectivity index (χ1n) is 5.87. The van der Waals surface area contributed by atoms with Crippen LogP contribution >= 0.6 is 0 Å². The minimum Gasteiger partial charge on any atom is -0.465 e. The summed E-state index contributed by atoms with van der Waals surface area (Å²) in [6, 6.07) is 4.54. The number of carbonyl (C=O) groups is 1. The first-order valence-corrected chi connectivity index (χ1v) is 7.31. The highest BCUT2D eigenvalue weighted by atomic mass is 32.2. The third-order valence-corrected chi connectivity index (χ3v) is 4.60. The molecule has 1 saturated heterocycles. The van der Waals surface area contributed by atoms with Crippen LogP contribution in [0.5, 0.6) is 0 Å². The van der Waals surface area contributed by atoms with Gasteiger partial charge in [0, 0.05) is 13.0 Å². The maximum absolute atomic E-state index is 12.1. The molecule has 7 heteroatoms. The molecular formula is C12H12N2O4S. The lowest BCUT2D eigenvalue weighted by atomic mass is 10.2. The van der Waals surface area contributed by atoms with Gasteiger partial charge in [-0.15, -0.1) is 4.40 Å². The average Bonchev–Trinajstić information content (AvgIpc) is 2.84. The summed E-state index contributed by atoms with van der Waals surface area (Å²) in [4.78, 5) is 13.4. The van der Waals surface area contributed by atoms with Crippen molar-refractivity contribution in [3.63, 3.8) is 0 Å². The maximum Gasteiger partial charge on any atom is 0.337 e. The maximum atomic E-state index is 12.1. The van der Waals surface area contributed by atoms with Gasteiger partial charge in [0.1, 0.15) is 10.7 Å². The highest BCUT2D eigenvalue weighted by Gasteiger charge is 2.33. The van der Waals surface area contributed by atoms with Crippen LogP contribution in [0.25, 0.3) is 0 Å². The molecule has 3 rings (SSSR count). The Hall–Kier alpha value is -1.89. The molecule has 1 aromatic carbocycles. The topological polar surface area (TPSA) is 76.0 Å². The molecule has 0 N–H and O–H groups in total. The number of nitrogens with zero attached hydrogens (tertiary/aromatic N) is 2. The molecular weight excluding hydrogens is 268 g/mol. The Morgan fingerprint density at radius 3 is 2.95 bits per heavy atom. The van der Waals surface area contributed by atoms with E-state index in [1.165, 1.54) is 13.2 Å². The van der Waals surface area contributed by atoms with E-state index in [0.29, 0.717) is 17.9 Å². The van der Waals surface area contributed by atoms with Gasteiger partial charge < -0.3 is 9.64 Å². The normalized spacial score (nSPS) is 19.4. The van der Waals surface area contributed by atoms with E-state index < -0.39 is 16.0 Å². The number of esters is 1. The summed E-state index contributed by atoms with van der Waals surface area (Å²) in [6.07, 6.45) is 1.55. The van der Waals surface area contributed by atoms with Crippen LogP contribution < -0.4 is 4.90 Å². The van der Waals surface area contributed by atoms with Crippen LogP contribution in [-0.2, 0) is 14.8 Å². The number of benzene rings is 1. The molecule has 0 amide bonds. The van der Waals surface area contributed by atoms with Gasteiger partial charge in [-0.25, -0.2) is 4.79 Å². The Bertz CT molecular complexity index is 694. The van der Waals surface area contributed by atoms with Crippen LogP contribution in [0.15, 0.2) is 27.5 Å². The largest absolute Gasteiger partial charge is 0.465 e. The Balaban J connectivity index is 2.19. The highest BCUT2D eigenvalue weighted by Crippen LogP contribution is 2.35. The molecule has 0 unspecified atom stereocenters. The third kappa shape index (κ3) is 1.81. The number of amidine groups is 1. The second kappa shape index (κ2) is 4.06. The fourth-order valence-electron chi connectivity index (χ4n) is 2.39. The predicted molar refractivity (Wildman–Crippen MR) is 69.0 cm³/mol. The van der Waals surface area contributed by atoms with Gasteiger partial charge in [0.2, 0.25) is 0 Å². The van der Waals surface area contributed by atoms with Gasteiger partial charge in [0.25, 0.3) is 10.0 Å². The molecule has 0 spiro atoms. The van der Waals surface area contributed by atoms with Crippen molar-refractivity contribution in [1.29, 1.82) is 0 Å². The van der Waals surface area contributed by atoms with Crippen molar-refractivity contribution >= 4 is 27.5 Å². The number of methoxy groups -OCH3 is 1. The Morgan fingerprint density at radius 1 is 1.42 bits per heavy atom. The molecule has 2 aliphatic rings. The number of hydrogen-bond donors (Lipinski definition) is 0. The molecule has 0 radical (unpaired) electrons. The first-order chi connectivity index (χ1) is 9.03. The van der Waals surface area contributed by atoms with Crippen LogP contribution in [-0.4, -0.2) is 33.9 Å². The Kier molecular flexibility index (Phi) is 2.60. The van der Waals surface area contributed by atoms with Crippen molar-refractivity contribution in [2.75, 3.05) is 18.6 Å². The molecule has 0 aromatic heterocycles. The van der Waals surface area contributed by atoms with Crippen molar-refractivity contribution in [2.45, 2.75) is 17.7 Å². The number of rotatable bonds is 1. The zero-order valence-electron chi connectivity index (χ0n) is 10.3. The number of anilines is 1. The minimum absolute atomic E-state index is 0.0704. The third-order valence-electron chi connectivity index (χ3n) is 3.27. The van der Waals surface area contributed by atoms with Gasteiger partial charge in [-0.05, 0) is 24.6 Å². The van der Waals surface area contributed by atoms with Gasteiger partial charge in [0.05, 0.1) is 18.4 Å². The molecule has 100 valence electrons. The van der Waals surface area contributed by atoms with E-state index in [1.807, 2.05) is 4.90 Å². The summed E-state index contributed by atoms with van der Waals surface area (Å²) in [6.45, 7) is 0.749. The molecule has 6 nitrogen and oxygen atoms in total. The zero-order chi connectivity index (χ0) is 13.6. The molecule has 0 atom stereocenters. The first kappa shape index (κ1) is 12.2. The van der Waals surface area contributed by atoms with Gasteiger partial charge in [0.15, 0.2) is 0 Å². The fourth-order valence-corrected chi connectivity index (χ4v) is 3.67. The molecule has 1 aromatic rings. The smallest absolute Gasteiger partial charge is 0.337 e. The van der Waals surface area contributed by atoms with E-state index in [2.05, 4.69) is 9.13 Å². The molecule has 2 aliphatic heterocycles. The molecule has 0 saturated carbocycles. The number of ether oxygens (including phenoxy) is 1. The molecule has 0 aliphatic carbocycles. The van der Waals surface area contributed by atoms with E-state index in [0.717, 1.165) is 13.0 Å². The van der Waals surface area contributed by atoms with Gasteiger partial charge in [-0.3, -0.25) is 0 Å². The minimum atomic E-state index is -3.72. The Morgan fingerprint density at radius 2 is 2.21 bits per heavy atom. The molecule has 2 heterocycles. The van der Waals surface area contributed by atoms with Crippen LogP contribution in [0.3, 0.4) is 0 Å². The predicted octanol–water partition coefficient (Wildman–Crippen LogP) is 1.17. The zero-order valence-corrected chi connectivity index (χ0v) is 11.1. The average molecular weight is 280 g/mol. The van der Waals surface area contributed by atoms with Crippen LogP contribution in [0, 0.1) is 0 Å².